The SMILES string of the molecule is C=C/C(=C\C=C/C)CC[C@H]1CNCC2=C(OC)CCC=C2N1.C=O.O=S([O-])C(F)(F)F. The summed E-state index contributed by atoms with van der Waals surface area (Å²) in [6.45, 7) is 9.81. The number of alkyl halides is 3. The Morgan fingerprint density at radius 1 is 1.42 bits per heavy atom. The molecule has 2 aliphatic rings. The molecule has 1 unspecified atom stereocenters. The van der Waals surface area contributed by atoms with Crippen molar-refractivity contribution in [1.82, 2.24) is 10.6 Å². The van der Waals surface area contributed by atoms with Crippen LogP contribution in [0, 0.1) is 0 Å². The van der Waals surface area contributed by atoms with Gasteiger partial charge in [-0.15, -0.1) is 0 Å². The molecule has 0 aromatic carbocycles. The van der Waals surface area contributed by atoms with E-state index in [1.54, 1.807) is 7.11 Å². The summed E-state index contributed by atoms with van der Waals surface area (Å²) in [6.07, 6.45) is 14.7. The van der Waals surface area contributed by atoms with E-state index in [-0.39, 0.29) is 0 Å². The molecule has 1 heterocycles. The number of hydrogen-bond donors (Lipinski definition) is 2. The highest BCUT2D eigenvalue weighted by Gasteiger charge is 2.28. The van der Waals surface area contributed by atoms with Crippen LogP contribution in [-0.2, 0) is 20.6 Å². The Labute approximate surface area is 184 Å². The molecule has 31 heavy (non-hydrogen) atoms. The largest absolute Gasteiger partial charge is 0.766 e. The molecule has 2 rings (SSSR count). The fraction of sp³-hybridized carbons (Fsp3) is 0.476. The quantitative estimate of drug-likeness (QED) is 0.460. The number of hydrogen-bond acceptors (Lipinski definition) is 6. The number of carbonyl (C=O) groups is 1. The molecule has 0 radical (unpaired) electrons. The molecule has 6 nitrogen and oxygen atoms in total. The van der Waals surface area contributed by atoms with Gasteiger partial charge in [0.05, 0.1) is 18.2 Å². The van der Waals surface area contributed by atoms with Gasteiger partial charge in [0.25, 0.3) is 0 Å². The summed E-state index contributed by atoms with van der Waals surface area (Å²) in [7, 11) is 1.77. The Morgan fingerprint density at radius 2 is 2.06 bits per heavy atom. The van der Waals surface area contributed by atoms with E-state index in [1.165, 1.54) is 16.8 Å². The Kier molecular flexibility index (Phi) is 14.5. The highest BCUT2D eigenvalue weighted by Crippen LogP contribution is 2.26. The van der Waals surface area contributed by atoms with Gasteiger partial charge in [-0.2, -0.15) is 13.2 Å². The minimum atomic E-state index is -5.08. The fourth-order valence-electron chi connectivity index (χ4n) is 2.97. The highest BCUT2D eigenvalue weighted by atomic mass is 32.2. The maximum Gasteiger partial charge on any atom is 0.458 e. The monoisotopic (exact) mass is 463 g/mol. The zero-order valence-electron chi connectivity index (χ0n) is 17.8. The van der Waals surface area contributed by atoms with E-state index in [1.807, 2.05) is 25.9 Å². The number of allylic oxidation sites excluding steroid dienone is 7. The number of nitrogens with one attached hydrogen (secondary N) is 2. The third-order valence-corrected chi connectivity index (χ3v) is 4.79. The van der Waals surface area contributed by atoms with Crippen molar-refractivity contribution in [2.45, 2.75) is 44.2 Å². The molecule has 0 spiro atoms. The summed E-state index contributed by atoms with van der Waals surface area (Å²) in [5, 5.41) is 7.24. The van der Waals surface area contributed by atoms with Crippen molar-refractivity contribution >= 4 is 17.9 Å². The van der Waals surface area contributed by atoms with E-state index >= 15 is 0 Å². The van der Waals surface area contributed by atoms with Gasteiger partial charge < -0.3 is 24.7 Å². The first kappa shape index (κ1) is 28.8. The van der Waals surface area contributed by atoms with Crippen LogP contribution in [0.1, 0.15) is 32.6 Å². The van der Waals surface area contributed by atoms with E-state index < -0.39 is 16.6 Å². The van der Waals surface area contributed by atoms with Gasteiger partial charge in [0.1, 0.15) is 12.5 Å². The van der Waals surface area contributed by atoms with E-state index in [0.717, 1.165) is 44.5 Å². The van der Waals surface area contributed by atoms with Crippen LogP contribution in [0.2, 0.25) is 0 Å². The third kappa shape index (κ3) is 11.1. The summed E-state index contributed by atoms with van der Waals surface area (Å²) in [5.74, 6) is 1.12. The smallest absolute Gasteiger partial charge is 0.458 e. The third-order valence-electron chi connectivity index (χ3n) is 4.42. The standard InChI is InChI=1S/C19H28N2O.CHF3O2S.CH2O/c1-4-6-8-15(5-2)11-12-16-13-20-14-17-18(21-16)9-7-10-19(17)22-3;2-1(3,4)7(5)6;1-2/h4-6,8-9,16,20-21H,2,7,10-14H2,1,3H3;(H,5,6);1H2/p-1/b6-4-,15-8+;;/t16-;;/m0../s1. The van der Waals surface area contributed by atoms with Crippen molar-refractivity contribution in [2.24, 2.45) is 0 Å². The summed E-state index contributed by atoms with van der Waals surface area (Å²) in [5.41, 5.74) is -1.24. The lowest BCUT2D eigenvalue weighted by molar-refractivity contribution is -0.0980. The average Bonchev–Trinajstić information content (AvgIpc) is 2.97. The normalized spacial score (nSPS) is 20.0. The van der Waals surface area contributed by atoms with Crippen LogP contribution in [0.15, 0.2) is 59.6 Å². The van der Waals surface area contributed by atoms with Crippen LogP contribution < -0.4 is 10.6 Å². The van der Waals surface area contributed by atoms with Gasteiger partial charge in [0, 0.05) is 36.8 Å². The van der Waals surface area contributed by atoms with Crippen molar-refractivity contribution < 1.29 is 31.5 Å². The lowest BCUT2D eigenvalue weighted by Gasteiger charge is -2.22. The Bertz CT molecular complexity index is 716. The number of halogens is 3. The lowest BCUT2D eigenvalue weighted by Crippen LogP contribution is -2.34. The molecule has 0 saturated carbocycles. The van der Waals surface area contributed by atoms with Crippen molar-refractivity contribution in [3.63, 3.8) is 0 Å². The minimum Gasteiger partial charge on any atom is -0.766 e. The number of carbonyl (C=O) groups excluding carboxylic acids is 1. The molecular weight excluding hydrogens is 433 g/mol. The Balaban J connectivity index is 0.000000852. The first-order valence-electron chi connectivity index (χ1n) is 9.55. The second-order valence-electron chi connectivity index (χ2n) is 6.43. The first-order chi connectivity index (χ1) is 14.7. The molecule has 1 aliphatic carbocycles. The maximum atomic E-state index is 10.6. The van der Waals surface area contributed by atoms with Crippen molar-refractivity contribution in [1.29, 1.82) is 0 Å². The van der Waals surface area contributed by atoms with Crippen LogP contribution in [0.25, 0.3) is 0 Å². The topological polar surface area (TPSA) is 90.5 Å². The van der Waals surface area contributed by atoms with Crippen molar-refractivity contribution in [2.75, 3.05) is 20.2 Å². The Morgan fingerprint density at radius 3 is 2.58 bits per heavy atom. The summed E-state index contributed by atoms with van der Waals surface area (Å²) >= 11 is -3.93. The summed E-state index contributed by atoms with van der Waals surface area (Å²) in [4.78, 5) is 8.00. The van der Waals surface area contributed by atoms with Crippen LogP contribution in [0.5, 0.6) is 0 Å². The van der Waals surface area contributed by atoms with E-state index in [9.17, 15) is 13.2 Å². The minimum absolute atomic E-state index is 0.439. The molecule has 1 saturated heterocycles. The number of rotatable bonds is 6. The average molecular weight is 464 g/mol. The van der Waals surface area contributed by atoms with Crippen LogP contribution >= 0.6 is 0 Å². The summed E-state index contributed by atoms with van der Waals surface area (Å²) < 4.78 is 55.0. The molecule has 2 N–H and O–H groups in total. The second kappa shape index (κ2) is 15.6. The molecule has 0 bridgehead atoms. The first-order valence-corrected chi connectivity index (χ1v) is 10.6. The fourth-order valence-corrected chi connectivity index (χ4v) is 2.97. The maximum absolute atomic E-state index is 10.6. The van der Waals surface area contributed by atoms with Crippen LogP contribution in [0.3, 0.4) is 0 Å². The van der Waals surface area contributed by atoms with E-state index in [0.29, 0.717) is 6.04 Å². The Hall–Kier alpha value is -2.17. The molecule has 0 aromatic heterocycles. The van der Waals surface area contributed by atoms with Gasteiger partial charge in [0.15, 0.2) is 0 Å². The van der Waals surface area contributed by atoms with E-state index in [2.05, 4.69) is 35.4 Å². The van der Waals surface area contributed by atoms with Crippen molar-refractivity contribution in [3.05, 3.63) is 59.6 Å². The molecule has 1 aliphatic heterocycles. The van der Waals surface area contributed by atoms with Gasteiger partial charge >= 0.3 is 5.51 Å². The van der Waals surface area contributed by atoms with Gasteiger partial charge in [-0.05, 0) is 31.8 Å². The van der Waals surface area contributed by atoms with Gasteiger partial charge in [-0.3, -0.25) is 4.21 Å². The van der Waals surface area contributed by atoms with Gasteiger partial charge in [-0.25, -0.2) is 0 Å². The predicted molar refractivity (Wildman–Crippen MR) is 116 cm³/mol. The van der Waals surface area contributed by atoms with Crippen molar-refractivity contribution in [3.8, 4) is 0 Å². The number of fused-ring (bicyclic) bond motifs is 1. The second-order valence-corrected chi connectivity index (χ2v) is 7.36. The molecule has 1 fully saturated rings. The van der Waals surface area contributed by atoms with Crippen LogP contribution in [0.4, 0.5) is 13.2 Å². The number of methoxy groups -OCH3 is 1. The zero-order chi connectivity index (χ0) is 23.9. The molecular formula is C21H30F3N2O4S-. The molecule has 10 heteroatoms. The van der Waals surface area contributed by atoms with Gasteiger partial charge in [0.2, 0.25) is 0 Å². The van der Waals surface area contributed by atoms with Gasteiger partial charge in [-0.1, -0.05) is 37.0 Å². The molecule has 0 amide bonds. The van der Waals surface area contributed by atoms with E-state index in [4.69, 9.17) is 18.3 Å². The summed E-state index contributed by atoms with van der Waals surface area (Å²) in [6, 6.07) is 0.439. The lowest BCUT2D eigenvalue weighted by atomic mass is 10.0. The highest BCUT2D eigenvalue weighted by molar-refractivity contribution is 7.80. The zero-order valence-corrected chi connectivity index (χ0v) is 18.6. The number of ether oxygens (including phenoxy) is 1. The molecule has 176 valence electrons. The van der Waals surface area contributed by atoms with Crippen LogP contribution in [-0.4, -0.2) is 47.3 Å². The molecule has 2 atom stereocenters. The predicted octanol–water partition coefficient (Wildman–Crippen LogP) is 3.80. The molecule has 0 aromatic rings.